The molecule has 1 heterocycles. The summed E-state index contributed by atoms with van der Waals surface area (Å²) in [5, 5.41) is 4.14. The number of hydrogen-bond acceptors (Lipinski definition) is 2. The van der Waals surface area contributed by atoms with E-state index in [1.54, 1.807) is 12.1 Å². The summed E-state index contributed by atoms with van der Waals surface area (Å²) < 4.78 is 0. The topological polar surface area (TPSA) is 49.4 Å². The Morgan fingerprint density at radius 1 is 1.18 bits per heavy atom. The maximum absolute atomic E-state index is 12.4. The molecule has 0 aromatic heterocycles. The van der Waals surface area contributed by atoms with E-state index in [0.29, 0.717) is 42.4 Å². The molecule has 148 valence electrons. The van der Waals surface area contributed by atoms with Crippen LogP contribution in [0.3, 0.4) is 0 Å². The van der Waals surface area contributed by atoms with Crippen LogP contribution in [0.1, 0.15) is 36.0 Å². The van der Waals surface area contributed by atoms with E-state index in [9.17, 15) is 9.59 Å². The second-order valence-corrected chi connectivity index (χ2v) is 8.08. The lowest BCUT2D eigenvalue weighted by Gasteiger charge is -2.24. The van der Waals surface area contributed by atoms with Gasteiger partial charge in [-0.2, -0.15) is 0 Å². The number of hydrogen-bond donors (Lipinski definition) is 1. The van der Waals surface area contributed by atoms with E-state index < -0.39 is 0 Å². The monoisotopic (exact) mass is 418 g/mol. The summed E-state index contributed by atoms with van der Waals surface area (Å²) in [6, 6.07) is 13.5. The van der Waals surface area contributed by atoms with Crippen molar-refractivity contribution in [3.8, 4) is 0 Å². The first-order valence-corrected chi connectivity index (χ1v) is 10.2. The molecule has 6 heteroatoms. The van der Waals surface area contributed by atoms with Crippen LogP contribution < -0.4 is 5.32 Å². The summed E-state index contributed by atoms with van der Waals surface area (Å²) >= 11 is 12.1. The third-order valence-corrected chi connectivity index (χ3v) is 5.67. The van der Waals surface area contributed by atoms with Crippen LogP contribution in [0.4, 0.5) is 0 Å². The zero-order valence-electron chi connectivity index (χ0n) is 15.9. The van der Waals surface area contributed by atoms with Crippen molar-refractivity contribution in [3.63, 3.8) is 0 Å². The molecule has 1 saturated heterocycles. The van der Waals surface area contributed by atoms with Gasteiger partial charge < -0.3 is 10.2 Å². The van der Waals surface area contributed by atoms with E-state index in [0.717, 1.165) is 17.5 Å². The number of rotatable bonds is 7. The summed E-state index contributed by atoms with van der Waals surface area (Å²) in [5.41, 5.74) is 3.22. The number of benzene rings is 2. The fourth-order valence-corrected chi connectivity index (χ4v) is 3.96. The largest absolute Gasteiger partial charge is 0.356 e. The van der Waals surface area contributed by atoms with Crippen molar-refractivity contribution in [1.82, 2.24) is 10.2 Å². The van der Waals surface area contributed by atoms with Gasteiger partial charge in [-0.05, 0) is 43.0 Å². The van der Waals surface area contributed by atoms with Crippen LogP contribution in [0, 0.1) is 6.92 Å². The van der Waals surface area contributed by atoms with E-state index in [2.05, 4.69) is 5.32 Å². The van der Waals surface area contributed by atoms with E-state index >= 15 is 0 Å². The molecule has 1 aliphatic rings. The molecule has 2 aromatic rings. The number of nitrogens with zero attached hydrogens (tertiary/aromatic N) is 1. The van der Waals surface area contributed by atoms with Crippen LogP contribution in [-0.2, 0) is 22.6 Å². The molecule has 1 atom stereocenters. The molecule has 2 amide bonds. The van der Waals surface area contributed by atoms with Gasteiger partial charge in [-0.15, -0.1) is 0 Å². The Balaban J connectivity index is 1.50. The second kappa shape index (κ2) is 9.44. The Kier molecular flexibility index (Phi) is 6.97. The Bertz CT molecular complexity index is 852. The third kappa shape index (κ3) is 5.49. The summed E-state index contributed by atoms with van der Waals surface area (Å²) in [4.78, 5) is 26.5. The molecule has 0 aliphatic carbocycles. The Labute approximate surface area is 175 Å². The number of carbonyl (C=O) groups excluding carboxylic acids is 2. The van der Waals surface area contributed by atoms with Crippen molar-refractivity contribution in [1.29, 1.82) is 0 Å². The molecular formula is C22H24Cl2N2O2. The van der Waals surface area contributed by atoms with E-state index in [4.69, 9.17) is 23.2 Å². The zero-order chi connectivity index (χ0) is 20.1. The molecular weight excluding hydrogens is 395 g/mol. The van der Waals surface area contributed by atoms with Crippen LogP contribution in [0.15, 0.2) is 42.5 Å². The van der Waals surface area contributed by atoms with E-state index in [1.165, 1.54) is 5.56 Å². The molecule has 0 bridgehead atoms. The van der Waals surface area contributed by atoms with Crippen molar-refractivity contribution in [2.45, 2.75) is 45.2 Å². The third-order valence-electron chi connectivity index (χ3n) is 5.08. The molecule has 1 N–H and O–H groups in total. The highest BCUT2D eigenvalue weighted by Gasteiger charge is 2.32. The average Bonchev–Trinajstić information content (AvgIpc) is 2.98. The summed E-state index contributed by atoms with van der Waals surface area (Å²) in [6.45, 7) is 3.09. The molecule has 0 saturated carbocycles. The molecule has 28 heavy (non-hydrogen) atoms. The molecule has 4 nitrogen and oxygen atoms in total. The van der Waals surface area contributed by atoms with Crippen molar-refractivity contribution in [3.05, 3.63) is 69.2 Å². The first kappa shape index (κ1) is 20.7. The summed E-state index contributed by atoms with van der Waals surface area (Å²) in [6.07, 6.45) is 2.19. The maximum Gasteiger partial charge on any atom is 0.223 e. The number of halogens is 2. The lowest BCUT2D eigenvalue weighted by molar-refractivity contribution is -0.130. The highest BCUT2D eigenvalue weighted by atomic mass is 35.5. The normalized spacial score (nSPS) is 16.5. The number of aryl methyl sites for hydroxylation is 1. The van der Waals surface area contributed by atoms with Crippen LogP contribution in [0.5, 0.6) is 0 Å². The van der Waals surface area contributed by atoms with Crippen LogP contribution in [0.25, 0.3) is 0 Å². The summed E-state index contributed by atoms with van der Waals surface area (Å²) in [7, 11) is 0. The molecule has 1 aliphatic heterocycles. The molecule has 2 aromatic carbocycles. The number of carbonyl (C=O) groups is 2. The van der Waals surface area contributed by atoms with Gasteiger partial charge in [0.15, 0.2) is 0 Å². The van der Waals surface area contributed by atoms with Gasteiger partial charge in [-0.3, -0.25) is 9.59 Å². The zero-order valence-corrected chi connectivity index (χ0v) is 17.4. The Morgan fingerprint density at radius 3 is 2.64 bits per heavy atom. The Hall–Kier alpha value is -2.04. The molecule has 1 unspecified atom stereocenters. The first-order chi connectivity index (χ1) is 13.4. The molecule has 0 radical (unpaired) electrons. The van der Waals surface area contributed by atoms with Gasteiger partial charge in [-0.1, -0.05) is 59.1 Å². The standard InChI is InChI=1S/C22H24Cl2N2O2/c1-15-2-4-16(5-3-15)14-26-19(8-9-22(26)28)13-21(27)25-11-10-17-6-7-18(23)12-20(17)24/h2-7,12,19H,8-11,13-14H2,1H3,(H,25,27). The number of likely N-dealkylation sites (tertiary alicyclic amines) is 1. The van der Waals surface area contributed by atoms with Gasteiger partial charge in [-0.25, -0.2) is 0 Å². The van der Waals surface area contributed by atoms with E-state index in [-0.39, 0.29) is 17.9 Å². The van der Waals surface area contributed by atoms with Crippen molar-refractivity contribution in [2.75, 3.05) is 6.54 Å². The van der Waals surface area contributed by atoms with Crippen molar-refractivity contribution < 1.29 is 9.59 Å². The molecule has 0 spiro atoms. The molecule has 1 fully saturated rings. The van der Waals surface area contributed by atoms with Gasteiger partial charge in [0.1, 0.15) is 0 Å². The smallest absolute Gasteiger partial charge is 0.223 e. The van der Waals surface area contributed by atoms with Gasteiger partial charge in [0.25, 0.3) is 0 Å². The predicted octanol–water partition coefficient (Wildman–Crippen LogP) is 4.54. The lowest BCUT2D eigenvalue weighted by atomic mass is 10.1. The SMILES string of the molecule is Cc1ccc(CN2C(=O)CCC2CC(=O)NCCc2ccc(Cl)cc2Cl)cc1. The quantitative estimate of drug-likeness (QED) is 0.716. The minimum atomic E-state index is -0.0482. The maximum atomic E-state index is 12.4. The van der Waals surface area contributed by atoms with E-state index in [1.807, 2.05) is 42.2 Å². The first-order valence-electron chi connectivity index (χ1n) is 9.48. The minimum Gasteiger partial charge on any atom is -0.356 e. The highest BCUT2D eigenvalue weighted by Crippen LogP contribution is 2.24. The number of amides is 2. The van der Waals surface area contributed by atoms with Gasteiger partial charge in [0.2, 0.25) is 11.8 Å². The second-order valence-electron chi connectivity index (χ2n) is 7.24. The lowest BCUT2D eigenvalue weighted by Crippen LogP contribution is -2.37. The average molecular weight is 419 g/mol. The van der Waals surface area contributed by atoms with Gasteiger partial charge >= 0.3 is 0 Å². The minimum absolute atomic E-state index is 0.0429. The Morgan fingerprint density at radius 2 is 1.93 bits per heavy atom. The van der Waals surface area contributed by atoms with Crippen LogP contribution in [0.2, 0.25) is 10.0 Å². The van der Waals surface area contributed by atoms with Gasteiger partial charge in [0.05, 0.1) is 0 Å². The number of nitrogens with one attached hydrogen (secondary N) is 1. The molecule has 3 rings (SSSR count). The van der Waals surface area contributed by atoms with Crippen molar-refractivity contribution >= 4 is 35.0 Å². The predicted molar refractivity (Wildman–Crippen MR) is 113 cm³/mol. The summed E-state index contributed by atoms with van der Waals surface area (Å²) in [5.74, 6) is 0.0741. The van der Waals surface area contributed by atoms with Crippen LogP contribution in [-0.4, -0.2) is 29.3 Å². The fraction of sp³-hybridized carbons (Fsp3) is 0.364. The van der Waals surface area contributed by atoms with Crippen molar-refractivity contribution in [2.24, 2.45) is 0 Å². The highest BCUT2D eigenvalue weighted by molar-refractivity contribution is 6.35. The van der Waals surface area contributed by atoms with Gasteiger partial charge in [0, 0.05) is 42.0 Å². The van der Waals surface area contributed by atoms with Crippen LogP contribution >= 0.6 is 23.2 Å². The fourth-order valence-electron chi connectivity index (χ4n) is 3.46.